The van der Waals surface area contributed by atoms with Crippen LogP contribution in [0, 0.1) is 5.92 Å². The molecule has 2 aliphatic heterocycles. The Morgan fingerprint density at radius 2 is 2.05 bits per heavy atom. The molecule has 0 aromatic heterocycles. The SMILES string of the molecule is CC1NN(C)C(Cl)C1CNCCCCNC1CCCCN1. The predicted octanol–water partition coefficient (Wildman–Crippen LogP) is 1.07. The number of halogens is 1. The van der Waals surface area contributed by atoms with Crippen molar-refractivity contribution in [1.29, 1.82) is 0 Å². The molecule has 2 saturated heterocycles. The second-order valence-corrected chi connectivity index (χ2v) is 6.88. The van der Waals surface area contributed by atoms with Crippen LogP contribution in [0.2, 0.25) is 0 Å². The van der Waals surface area contributed by atoms with Crippen molar-refractivity contribution in [3.05, 3.63) is 0 Å². The number of unbranched alkanes of at least 4 members (excludes halogenated alkanes) is 1. The molecule has 0 aliphatic carbocycles. The first kappa shape index (κ1) is 17.4. The second kappa shape index (κ2) is 9.28. The Balaban J connectivity index is 1.45. The third-order valence-corrected chi connectivity index (χ3v) is 5.25. The van der Waals surface area contributed by atoms with E-state index < -0.39 is 0 Å². The van der Waals surface area contributed by atoms with E-state index in [0.717, 1.165) is 19.6 Å². The van der Waals surface area contributed by atoms with Gasteiger partial charge in [-0.1, -0.05) is 0 Å². The van der Waals surface area contributed by atoms with Crippen LogP contribution >= 0.6 is 11.6 Å². The van der Waals surface area contributed by atoms with Crippen LogP contribution in [0.4, 0.5) is 0 Å². The summed E-state index contributed by atoms with van der Waals surface area (Å²) in [5.74, 6) is 0.473. The molecule has 0 saturated carbocycles. The fourth-order valence-corrected chi connectivity index (χ4v) is 3.60. The summed E-state index contributed by atoms with van der Waals surface area (Å²) in [5, 5.41) is 12.7. The van der Waals surface area contributed by atoms with Gasteiger partial charge in [-0.3, -0.25) is 5.43 Å². The molecule has 5 nitrogen and oxygen atoms in total. The minimum absolute atomic E-state index is 0.0894. The van der Waals surface area contributed by atoms with Gasteiger partial charge in [0.05, 0.1) is 6.17 Å². The zero-order valence-electron chi connectivity index (χ0n) is 13.5. The van der Waals surface area contributed by atoms with Crippen molar-refractivity contribution in [2.45, 2.75) is 56.7 Å². The van der Waals surface area contributed by atoms with Gasteiger partial charge in [-0.05, 0) is 58.7 Å². The number of hydrogen-bond acceptors (Lipinski definition) is 5. The minimum Gasteiger partial charge on any atom is -0.316 e. The van der Waals surface area contributed by atoms with Crippen LogP contribution in [0.3, 0.4) is 0 Å². The van der Waals surface area contributed by atoms with Crippen molar-refractivity contribution in [2.24, 2.45) is 5.92 Å². The molecule has 2 aliphatic rings. The number of alkyl halides is 1. The molecular formula is C15H32ClN5. The van der Waals surface area contributed by atoms with Crippen LogP contribution in [-0.4, -0.2) is 55.9 Å². The van der Waals surface area contributed by atoms with Gasteiger partial charge in [0.2, 0.25) is 0 Å². The quantitative estimate of drug-likeness (QED) is 0.306. The van der Waals surface area contributed by atoms with Gasteiger partial charge >= 0.3 is 0 Å². The van der Waals surface area contributed by atoms with Crippen LogP contribution < -0.4 is 21.4 Å². The molecule has 2 heterocycles. The normalized spacial score (nSPS) is 34.4. The highest BCUT2D eigenvalue weighted by molar-refractivity contribution is 6.20. The van der Waals surface area contributed by atoms with Gasteiger partial charge in [0, 0.05) is 25.6 Å². The standard InChI is InChI=1S/C15H32ClN5/c1-12-13(15(16)21(2)20-12)11-17-8-5-6-10-19-14-7-3-4-9-18-14/h12-15,17-20H,3-11H2,1-2H3. The highest BCUT2D eigenvalue weighted by Crippen LogP contribution is 2.23. The van der Waals surface area contributed by atoms with Crippen molar-refractivity contribution >= 4 is 11.6 Å². The number of nitrogens with one attached hydrogen (secondary N) is 4. The van der Waals surface area contributed by atoms with Crippen LogP contribution in [-0.2, 0) is 0 Å². The van der Waals surface area contributed by atoms with Crippen LogP contribution in [0.15, 0.2) is 0 Å². The van der Waals surface area contributed by atoms with Gasteiger partial charge in [0.15, 0.2) is 0 Å². The molecule has 0 radical (unpaired) electrons. The molecule has 4 N–H and O–H groups in total. The Kier molecular flexibility index (Phi) is 7.71. The van der Waals surface area contributed by atoms with E-state index in [9.17, 15) is 0 Å². The van der Waals surface area contributed by atoms with E-state index in [2.05, 4.69) is 28.3 Å². The highest BCUT2D eigenvalue weighted by atomic mass is 35.5. The zero-order chi connectivity index (χ0) is 15.1. The van der Waals surface area contributed by atoms with Crippen LogP contribution in [0.5, 0.6) is 0 Å². The minimum atomic E-state index is 0.0894. The van der Waals surface area contributed by atoms with Gasteiger partial charge in [0.1, 0.15) is 5.50 Å². The molecule has 2 fully saturated rings. The first-order valence-electron chi connectivity index (χ1n) is 8.49. The maximum absolute atomic E-state index is 6.38. The second-order valence-electron chi connectivity index (χ2n) is 6.43. The summed E-state index contributed by atoms with van der Waals surface area (Å²) in [6.45, 7) is 6.55. The Hall–Kier alpha value is 0.0900. The molecule has 124 valence electrons. The molecule has 0 spiro atoms. The average Bonchev–Trinajstić information content (AvgIpc) is 2.73. The molecule has 0 aromatic rings. The third kappa shape index (κ3) is 5.66. The van der Waals surface area contributed by atoms with Crippen LogP contribution in [0.1, 0.15) is 39.0 Å². The van der Waals surface area contributed by atoms with E-state index in [0.29, 0.717) is 18.1 Å². The Labute approximate surface area is 134 Å². The lowest BCUT2D eigenvalue weighted by Gasteiger charge is -2.24. The third-order valence-electron chi connectivity index (χ3n) is 4.63. The molecule has 21 heavy (non-hydrogen) atoms. The summed E-state index contributed by atoms with van der Waals surface area (Å²) in [6, 6.07) is 0.448. The van der Waals surface area contributed by atoms with E-state index >= 15 is 0 Å². The van der Waals surface area contributed by atoms with Crippen molar-refractivity contribution in [2.75, 3.05) is 33.2 Å². The Morgan fingerprint density at radius 3 is 2.71 bits per heavy atom. The molecule has 6 heteroatoms. The molecule has 0 amide bonds. The fourth-order valence-electron chi connectivity index (χ4n) is 3.23. The van der Waals surface area contributed by atoms with E-state index in [-0.39, 0.29) is 5.50 Å². The zero-order valence-corrected chi connectivity index (χ0v) is 14.3. The van der Waals surface area contributed by atoms with Crippen molar-refractivity contribution in [3.8, 4) is 0 Å². The summed E-state index contributed by atoms with van der Waals surface area (Å²) in [4.78, 5) is 0. The van der Waals surface area contributed by atoms with E-state index in [1.165, 1.54) is 38.6 Å². The van der Waals surface area contributed by atoms with E-state index in [1.54, 1.807) is 0 Å². The first-order chi connectivity index (χ1) is 10.2. The maximum atomic E-state index is 6.38. The number of rotatable bonds is 8. The summed E-state index contributed by atoms with van der Waals surface area (Å²) < 4.78 is 0. The van der Waals surface area contributed by atoms with Crippen molar-refractivity contribution in [3.63, 3.8) is 0 Å². The molecule has 0 aromatic carbocycles. The average molecular weight is 318 g/mol. The van der Waals surface area contributed by atoms with Gasteiger partial charge in [-0.25, -0.2) is 5.01 Å². The van der Waals surface area contributed by atoms with Crippen LogP contribution in [0.25, 0.3) is 0 Å². The van der Waals surface area contributed by atoms with Crippen molar-refractivity contribution < 1.29 is 0 Å². The predicted molar refractivity (Wildman–Crippen MR) is 89.2 cm³/mol. The van der Waals surface area contributed by atoms with Gasteiger partial charge in [-0.2, -0.15) is 0 Å². The lowest BCUT2D eigenvalue weighted by atomic mass is 10.0. The summed E-state index contributed by atoms with van der Waals surface area (Å²) in [7, 11) is 2.01. The maximum Gasteiger partial charge on any atom is 0.103 e. The summed E-state index contributed by atoms with van der Waals surface area (Å²) in [5.41, 5.74) is 3.45. The number of piperidine rings is 1. The van der Waals surface area contributed by atoms with E-state index in [1.807, 2.05) is 12.1 Å². The Morgan fingerprint density at radius 1 is 1.24 bits per heavy atom. The van der Waals surface area contributed by atoms with Gasteiger partial charge < -0.3 is 16.0 Å². The van der Waals surface area contributed by atoms with E-state index in [4.69, 9.17) is 11.6 Å². The molecule has 4 unspecified atom stereocenters. The largest absolute Gasteiger partial charge is 0.316 e. The fraction of sp³-hybridized carbons (Fsp3) is 1.00. The lowest BCUT2D eigenvalue weighted by Crippen LogP contribution is -2.45. The Bertz CT molecular complexity index is 285. The molecule has 4 atom stereocenters. The van der Waals surface area contributed by atoms with Gasteiger partial charge in [-0.15, -0.1) is 11.6 Å². The molecular weight excluding hydrogens is 286 g/mol. The number of hydrazine groups is 1. The lowest BCUT2D eigenvalue weighted by molar-refractivity contribution is 0.272. The molecule has 2 rings (SSSR count). The topological polar surface area (TPSA) is 51.4 Å². The van der Waals surface area contributed by atoms with Crippen molar-refractivity contribution in [1.82, 2.24) is 26.4 Å². The highest BCUT2D eigenvalue weighted by Gasteiger charge is 2.35. The summed E-state index contributed by atoms with van der Waals surface area (Å²) >= 11 is 6.38. The first-order valence-corrected chi connectivity index (χ1v) is 8.92. The summed E-state index contributed by atoms with van der Waals surface area (Å²) in [6.07, 6.45) is 6.95. The number of hydrogen-bond donors (Lipinski definition) is 4. The molecule has 0 bridgehead atoms. The monoisotopic (exact) mass is 317 g/mol. The number of nitrogens with zero attached hydrogens (tertiary/aromatic N) is 1. The smallest absolute Gasteiger partial charge is 0.103 e. The van der Waals surface area contributed by atoms with Gasteiger partial charge in [0.25, 0.3) is 0 Å².